The van der Waals surface area contributed by atoms with Gasteiger partial charge in [-0.2, -0.15) is 59.9 Å². The highest BCUT2D eigenvalue weighted by Crippen LogP contribution is 2.26. The number of rotatable bonds is 6. The van der Waals surface area contributed by atoms with Crippen LogP contribution in [0, 0.1) is 0 Å². The molecule has 14 nitrogen and oxygen atoms in total. The Morgan fingerprint density at radius 1 is 0.214 bits per heavy atom. The summed E-state index contributed by atoms with van der Waals surface area (Å²) in [4.78, 5) is 61.7. The van der Waals surface area contributed by atoms with Gasteiger partial charge in [0.1, 0.15) is 0 Å². The number of guanidine groups is 6. The molecular weight excluding hydrogens is 701 g/mol. The molecule has 0 atom stereocenters. The zero-order valence-electron chi connectivity index (χ0n) is 29.1. The summed E-state index contributed by atoms with van der Waals surface area (Å²) in [6.45, 7) is 0. The summed E-state index contributed by atoms with van der Waals surface area (Å²) in [6.07, 6.45) is 0. The molecule has 0 unspecified atom stereocenters. The topological polar surface area (TPSA) is 155 Å². The third kappa shape index (κ3) is 5.44. The van der Waals surface area contributed by atoms with Crippen LogP contribution in [-0.2, 0) is 0 Å². The minimum absolute atomic E-state index is 0.353. The normalized spacial score (nSPS) is 17.8. The second-order valence-electron chi connectivity index (χ2n) is 12.8. The number of aliphatic imine (C=N–C) groups is 12. The van der Waals surface area contributed by atoms with Crippen LogP contribution in [0.2, 0.25) is 0 Å². The molecule has 0 fully saturated rings. The largest absolute Gasteiger partial charge is 0.243 e. The van der Waals surface area contributed by atoms with E-state index in [1.165, 1.54) is 0 Å². The van der Waals surface area contributed by atoms with Crippen molar-refractivity contribution in [2.45, 2.75) is 0 Å². The quantitative estimate of drug-likeness (QED) is 0.218. The second-order valence-corrected chi connectivity index (χ2v) is 12.8. The van der Waals surface area contributed by atoms with Crippen molar-refractivity contribution in [2.75, 3.05) is 0 Å². The monoisotopic (exact) mass is 724 g/mol. The summed E-state index contributed by atoms with van der Waals surface area (Å²) in [5.41, 5.74) is 4.72. The Labute approximate surface area is 318 Å². The first-order valence-electron chi connectivity index (χ1n) is 17.7. The van der Waals surface area contributed by atoms with E-state index in [9.17, 15) is 0 Å². The van der Waals surface area contributed by atoms with Crippen molar-refractivity contribution in [3.63, 3.8) is 0 Å². The molecule has 6 aliphatic heterocycles. The molecule has 5 aromatic rings. The lowest BCUT2D eigenvalue weighted by atomic mass is 10.1. The molecule has 0 saturated heterocycles. The maximum absolute atomic E-state index is 4.93. The molecule has 0 aromatic heterocycles. The summed E-state index contributed by atoms with van der Waals surface area (Å²) >= 11 is 0. The number of hydrogen-bond donors (Lipinski definition) is 0. The summed E-state index contributed by atoms with van der Waals surface area (Å²) in [6, 6.07) is 46.6. The molecule has 0 N–H and O–H groups in total. The van der Waals surface area contributed by atoms with E-state index in [4.69, 9.17) is 59.9 Å². The fourth-order valence-electron chi connectivity index (χ4n) is 6.49. The molecule has 6 aliphatic rings. The molecule has 0 amide bonds. The molecule has 0 saturated carbocycles. The number of benzene rings is 5. The van der Waals surface area contributed by atoms with Gasteiger partial charge in [-0.15, -0.1) is 0 Å². The fourth-order valence-corrected chi connectivity index (χ4v) is 6.49. The van der Waals surface area contributed by atoms with Crippen LogP contribution in [0.15, 0.2) is 206 Å². The van der Waals surface area contributed by atoms with Gasteiger partial charge in [0.2, 0.25) is 35.8 Å². The Morgan fingerprint density at radius 2 is 0.429 bits per heavy atom. The minimum Gasteiger partial charge on any atom is -0.213 e. The smallest absolute Gasteiger partial charge is 0.213 e. The van der Waals surface area contributed by atoms with Crippen molar-refractivity contribution >= 4 is 70.8 Å². The van der Waals surface area contributed by atoms with Crippen molar-refractivity contribution < 1.29 is 0 Å². The molecule has 11 rings (SSSR count). The van der Waals surface area contributed by atoms with Gasteiger partial charge in [-0.25, -0.2) is 9.80 Å². The van der Waals surface area contributed by atoms with Gasteiger partial charge in [-0.05, 0) is 6.07 Å². The number of nitrogens with zero attached hydrogens (tertiary/aromatic N) is 14. The fraction of sp³-hybridized carbons (Fsp3) is 0. The van der Waals surface area contributed by atoms with E-state index in [0.29, 0.717) is 81.9 Å². The average molecular weight is 725 g/mol. The Hall–Kier alpha value is -8.26. The average Bonchev–Trinajstić information content (AvgIpc) is 3.27. The predicted molar refractivity (Wildman–Crippen MR) is 220 cm³/mol. The molecule has 6 heterocycles. The molecule has 0 radical (unpaired) electrons. The van der Waals surface area contributed by atoms with Gasteiger partial charge in [0, 0.05) is 33.4 Å². The first kappa shape index (κ1) is 31.3. The molecule has 0 bridgehead atoms. The van der Waals surface area contributed by atoms with Gasteiger partial charge < -0.3 is 0 Å². The van der Waals surface area contributed by atoms with Crippen LogP contribution in [0.1, 0.15) is 33.4 Å². The van der Waals surface area contributed by atoms with Crippen molar-refractivity contribution in [1.82, 2.24) is 9.80 Å². The summed E-state index contributed by atoms with van der Waals surface area (Å²) in [7, 11) is 0. The van der Waals surface area contributed by atoms with Crippen LogP contribution >= 0.6 is 0 Å². The maximum atomic E-state index is 4.93. The Balaban J connectivity index is 1.02. The first-order valence-corrected chi connectivity index (χ1v) is 17.7. The summed E-state index contributed by atoms with van der Waals surface area (Å²) in [5.74, 6) is 4.91. The molecule has 0 aliphatic carbocycles. The van der Waals surface area contributed by atoms with Gasteiger partial charge >= 0.3 is 0 Å². The molecule has 262 valence electrons. The maximum Gasteiger partial charge on any atom is 0.243 e. The minimum atomic E-state index is 0.353. The highest BCUT2D eigenvalue weighted by molar-refractivity contribution is 6.36. The number of amidine groups is 6. The van der Waals surface area contributed by atoms with Crippen LogP contribution in [0.5, 0.6) is 0 Å². The standard InChI is InChI=1S/C42H24N14/c1-5-14-25(15-6-1)31-43-37-44-32(26-16-7-2-8-17-26)48-40-52-35(51-39(47-31)55(37)40)29-22-13-23-30(24-29)36-53-41-49-33(27-18-9-3-10-19-27)45-38-46-34(28-20-11-4-12-21-28)50-42(54-36)56(38)41/h1-24H. The van der Waals surface area contributed by atoms with E-state index in [-0.39, 0.29) is 0 Å². The predicted octanol–water partition coefficient (Wildman–Crippen LogP) is 5.79. The Morgan fingerprint density at radius 3 is 0.679 bits per heavy atom. The molecule has 14 heteroatoms. The van der Waals surface area contributed by atoms with E-state index in [0.717, 1.165) is 22.3 Å². The van der Waals surface area contributed by atoms with Crippen LogP contribution in [0.25, 0.3) is 0 Å². The van der Waals surface area contributed by atoms with E-state index < -0.39 is 0 Å². The number of hydrogen-bond acceptors (Lipinski definition) is 14. The zero-order chi connectivity index (χ0) is 37.0. The molecular formula is C42H24N14. The van der Waals surface area contributed by atoms with Crippen LogP contribution in [-0.4, -0.2) is 80.6 Å². The van der Waals surface area contributed by atoms with E-state index >= 15 is 0 Å². The van der Waals surface area contributed by atoms with Crippen molar-refractivity contribution in [1.29, 1.82) is 0 Å². The van der Waals surface area contributed by atoms with Crippen molar-refractivity contribution in [3.8, 4) is 0 Å². The first-order chi connectivity index (χ1) is 27.7. The van der Waals surface area contributed by atoms with E-state index in [2.05, 4.69) is 0 Å². The lowest BCUT2D eigenvalue weighted by Crippen LogP contribution is -2.48. The van der Waals surface area contributed by atoms with Gasteiger partial charge in [-0.3, -0.25) is 0 Å². The van der Waals surface area contributed by atoms with Crippen LogP contribution < -0.4 is 0 Å². The van der Waals surface area contributed by atoms with Gasteiger partial charge in [0.15, 0.2) is 35.0 Å². The lowest BCUT2D eigenvalue weighted by molar-refractivity contribution is 0.828. The second kappa shape index (κ2) is 12.7. The SMILES string of the molecule is c1ccc(C2=NC3=NC(c4ccccc4)=NC4=NC(c5cccc(C6=NC7=NC(c8ccccc8)=NC8=NC(c9ccccc9)=NC(=N6)N87)c5)=NC(=N2)N34)cc1. The lowest BCUT2D eigenvalue weighted by Gasteiger charge is -2.30. The summed E-state index contributed by atoms with van der Waals surface area (Å²) < 4.78 is 0. The van der Waals surface area contributed by atoms with Crippen LogP contribution in [0.4, 0.5) is 0 Å². The van der Waals surface area contributed by atoms with Crippen LogP contribution in [0.3, 0.4) is 0 Å². The van der Waals surface area contributed by atoms with E-state index in [1.54, 1.807) is 9.80 Å². The van der Waals surface area contributed by atoms with Gasteiger partial charge in [0.25, 0.3) is 0 Å². The molecule has 5 aromatic carbocycles. The van der Waals surface area contributed by atoms with Gasteiger partial charge in [-0.1, -0.05) is 140 Å². The third-order valence-electron chi connectivity index (χ3n) is 9.18. The Kier molecular flexibility index (Phi) is 7.10. The highest BCUT2D eigenvalue weighted by Gasteiger charge is 2.37. The van der Waals surface area contributed by atoms with Crippen molar-refractivity contribution in [2.24, 2.45) is 59.9 Å². The third-order valence-corrected chi connectivity index (χ3v) is 9.18. The zero-order valence-corrected chi connectivity index (χ0v) is 29.1. The van der Waals surface area contributed by atoms with E-state index in [1.807, 2.05) is 146 Å². The van der Waals surface area contributed by atoms with Gasteiger partial charge in [0.05, 0.1) is 0 Å². The Bertz CT molecular complexity index is 2600. The molecule has 56 heavy (non-hydrogen) atoms. The summed E-state index contributed by atoms with van der Waals surface area (Å²) in [5, 5.41) is 0. The van der Waals surface area contributed by atoms with Crippen molar-refractivity contribution in [3.05, 3.63) is 179 Å². The molecule has 0 spiro atoms. The highest BCUT2D eigenvalue weighted by atomic mass is 15.5.